The fraction of sp³-hybridized carbons (Fsp3) is 0.846. The van der Waals surface area contributed by atoms with E-state index in [9.17, 15) is 9.59 Å². The van der Waals surface area contributed by atoms with E-state index in [0.717, 1.165) is 25.9 Å². The van der Waals surface area contributed by atoms with Gasteiger partial charge in [-0.2, -0.15) is 0 Å². The Balaban J connectivity index is 1.70. The SMILES string of the molecule is O=C(O)CCC1CCCN(C(=O)CNC2CC2)C1. The molecule has 1 saturated heterocycles. The van der Waals surface area contributed by atoms with Gasteiger partial charge in [0.1, 0.15) is 0 Å². The molecule has 2 fully saturated rings. The normalized spacial score (nSPS) is 24.0. The Bertz CT molecular complexity index is 315. The van der Waals surface area contributed by atoms with Gasteiger partial charge in [0.25, 0.3) is 0 Å². The van der Waals surface area contributed by atoms with Crippen molar-refractivity contribution in [3.05, 3.63) is 0 Å². The number of rotatable bonds is 6. The van der Waals surface area contributed by atoms with Gasteiger partial charge in [-0.25, -0.2) is 0 Å². The molecule has 5 nitrogen and oxygen atoms in total. The Labute approximate surface area is 108 Å². The number of carboxylic acid groups (broad SMARTS) is 1. The summed E-state index contributed by atoms with van der Waals surface area (Å²) in [5.74, 6) is -0.212. The highest BCUT2D eigenvalue weighted by atomic mass is 16.4. The van der Waals surface area contributed by atoms with Gasteiger partial charge >= 0.3 is 5.97 Å². The summed E-state index contributed by atoms with van der Waals surface area (Å²) in [7, 11) is 0. The summed E-state index contributed by atoms with van der Waals surface area (Å²) in [6, 6.07) is 0.557. The zero-order valence-corrected chi connectivity index (χ0v) is 10.7. The van der Waals surface area contributed by atoms with Gasteiger partial charge in [-0.1, -0.05) is 0 Å². The van der Waals surface area contributed by atoms with Crippen molar-refractivity contribution < 1.29 is 14.7 Å². The van der Waals surface area contributed by atoms with E-state index in [4.69, 9.17) is 5.11 Å². The van der Waals surface area contributed by atoms with Crippen molar-refractivity contribution in [3.8, 4) is 0 Å². The number of nitrogens with zero attached hydrogens (tertiary/aromatic N) is 1. The van der Waals surface area contributed by atoms with Crippen molar-refractivity contribution >= 4 is 11.9 Å². The third-order valence-electron chi connectivity index (χ3n) is 3.76. The number of aliphatic carboxylic acids is 1. The number of piperidine rings is 1. The molecule has 0 aromatic heterocycles. The molecule has 1 aliphatic heterocycles. The number of nitrogens with one attached hydrogen (secondary N) is 1. The van der Waals surface area contributed by atoms with Crippen LogP contribution >= 0.6 is 0 Å². The van der Waals surface area contributed by atoms with Crippen LogP contribution in [0.3, 0.4) is 0 Å². The number of carbonyl (C=O) groups is 2. The van der Waals surface area contributed by atoms with Crippen LogP contribution in [0.2, 0.25) is 0 Å². The number of hydrogen-bond donors (Lipinski definition) is 2. The Morgan fingerprint density at radius 3 is 2.72 bits per heavy atom. The highest BCUT2D eigenvalue weighted by Gasteiger charge is 2.26. The third-order valence-corrected chi connectivity index (χ3v) is 3.76. The predicted molar refractivity (Wildman–Crippen MR) is 67.2 cm³/mol. The molecule has 1 atom stereocenters. The minimum absolute atomic E-state index is 0.168. The van der Waals surface area contributed by atoms with E-state index in [1.54, 1.807) is 0 Å². The molecule has 0 spiro atoms. The smallest absolute Gasteiger partial charge is 0.303 e. The Morgan fingerprint density at radius 2 is 2.06 bits per heavy atom. The van der Waals surface area contributed by atoms with Gasteiger partial charge in [-0.3, -0.25) is 9.59 Å². The van der Waals surface area contributed by atoms with Gasteiger partial charge < -0.3 is 15.3 Å². The average Bonchev–Trinajstić information content (AvgIpc) is 3.18. The largest absolute Gasteiger partial charge is 0.481 e. The average molecular weight is 254 g/mol. The first-order valence-electron chi connectivity index (χ1n) is 6.88. The maximum Gasteiger partial charge on any atom is 0.303 e. The molecule has 0 bridgehead atoms. The molecule has 1 unspecified atom stereocenters. The lowest BCUT2D eigenvalue weighted by atomic mass is 9.93. The molecule has 0 aromatic rings. The zero-order chi connectivity index (χ0) is 13.0. The monoisotopic (exact) mass is 254 g/mol. The summed E-state index contributed by atoms with van der Waals surface area (Å²) in [4.78, 5) is 24.4. The lowest BCUT2D eigenvalue weighted by Crippen LogP contribution is -2.44. The first kappa shape index (κ1) is 13.3. The van der Waals surface area contributed by atoms with E-state index in [1.165, 1.54) is 12.8 Å². The molecular weight excluding hydrogens is 232 g/mol. The summed E-state index contributed by atoms with van der Waals surface area (Å²) in [5.41, 5.74) is 0. The van der Waals surface area contributed by atoms with Crippen LogP contribution in [0.25, 0.3) is 0 Å². The van der Waals surface area contributed by atoms with E-state index in [2.05, 4.69) is 5.32 Å². The molecule has 0 aromatic carbocycles. The number of likely N-dealkylation sites (tertiary alicyclic amines) is 1. The van der Waals surface area contributed by atoms with Crippen LogP contribution in [-0.2, 0) is 9.59 Å². The second kappa shape index (κ2) is 6.18. The number of amides is 1. The molecule has 1 heterocycles. The van der Waals surface area contributed by atoms with E-state index >= 15 is 0 Å². The molecule has 1 amide bonds. The van der Waals surface area contributed by atoms with Gasteiger partial charge in [0.15, 0.2) is 0 Å². The highest BCUT2D eigenvalue weighted by molar-refractivity contribution is 5.78. The van der Waals surface area contributed by atoms with Crippen molar-refractivity contribution in [1.29, 1.82) is 0 Å². The van der Waals surface area contributed by atoms with E-state index in [0.29, 0.717) is 24.9 Å². The highest BCUT2D eigenvalue weighted by Crippen LogP contribution is 2.21. The zero-order valence-electron chi connectivity index (χ0n) is 10.7. The number of carbonyl (C=O) groups excluding carboxylic acids is 1. The molecule has 1 saturated carbocycles. The van der Waals surface area contributed by atoms with Crippen LogP contribution in [0.15, 0.2) is 0 Å². The Kier molecular flexibility index (Phi) is 4.58. The van der Waals surface area contributed by atoms with Gasteiger partial charge in [-0.05, 0) is 38.0 Å². The van der Waals surface area contributed by atoms with Crippen LogP contribution in [0.1, 0.15) is 38.5 Å². The minimum atomic E-state index is -0.742. The predicted octanol–water partition coefficient (Wildman–Crippen LogP) is 0.842. The van der Waals surface area contributed by atoms with Gasteiger partial charge in [0.05, 0.1) is 6.54 Å². The fourth-order valence-corrected chi connectivity index (χ4v) is 2.49. The molecule has 2 rings (SSSR count). The van der Waals surface area contributed by atoms with Crippen molar-refractivity contribution in [1.82, 2.24) is 10.2 Å². The van der Waals surface area contributed by atoms with Gasteiger partial charge in [-0.15, -0.1) is 0 Å². The molecule has 18 heavy (non-hydrogen) atoms. The first-order valence-corrected chi connectivity index (χ1v) is 6.88. The molecule has 102 valence electrons. The van der Waals surface area contributed by atoms with Crippen LogP contribution in [-0.4, -0.2) is 47.6 Å². The maximum atomic E-state index is 12.0. The minimum Gasteiger partial charge on any atom is -0.481 e. The third kappa shape index (κ3) is 4.29. The van der Waals surface area contributed by atoms with Gasteiger partial charge in [0, 0.05) is 25.6 Å². The molecule has 2 aliphatic rings. The Morgan fingerprint density at radius 1 is 1.28 bits per heavy atom. The van der Waals surface area contributed by atoms with Crippen LogP contribution in [0.4, 0.5) is 0 Å². The second-order valence-electron chi connectivity index (χ2n) is 5.44. The molecular formula is C13H22N2O3. The van der Waals surface area contributed by atoms with Crippen LogP contribution in [0.5, 0.6) is 0 Å². The van der Waals surface area contributed by atoms with Crippen molar-refractivity contribution in [2.24, 2.45) is 5.92 Å². The first-order chi connectivity index (χ1) is 8.65. The summed E-state index contributed by atoms with van der Waals surface area (Å²) in [5, 5.41) is 11.9. The van der Waals surface area contributed by atoms with Crippen molar-refractivity contribution in [3.63, 3.8) is 0 Å². The van der Waals surface area contributed by atoms with E-state index in [1.807, 2.05) is 4.90 Å². The van der Waals surface area contributed by atoms with Crippen LogP contribution < -0.4 is 5.32 Å². The maximum absolute atomic E-state index is 12.0. The Hall–Kier alpha value is -1.10. The summed E-state index contributed by atoms with van der Waals surface area (Å²) in [6.07, 6.45) is 5.33. The lowest BCUT2D eigenvalue weighted by molar-refractivity contribution is -0.137. The van der Waals surface area contributed by atoms with Crippen molar-refractivity contribution in [2.45, 2.75) is 44.6 Å². The fourth-order valence-electron chi connectivity index (χ4n) is 2.49. The van der Waals surface area contributed by atoms with Crippen LogP contribution in [0, 0.1) is 5.92 Å². The summed E-state index contributed by atoms with van der Waals surface area (Å²) < 4.78 is 0. The molecule has 1 aliphatic carbocycles. The molecule has 2 N–H and O–H groups in total. The second-order valence-corrected chi connectivity index (χ2v) is 5.44. The number of carboxylic acids is 1. The molecule has 0 radical (unpaired) electrons. The quantitative estimate of drug-likeness (QED) is 0.737. The molecule has 5 heteroatoms. The summed E-state index contributed by atoms with van der Waals surface area (Å²) >= 11 is 0. The van der Waals surface area contributed by atoms with Crippen molar-refractivity contribution in [2.75, 3.05) is 19.6 Å². The van der Waals surface area contributed by atoms with E-state index < -0.39 is 5.97 Å². The summed E-state index contributed by atoms with van der Waals surface area (Å²) in [6.45, 7) is 2.00. The number of hydrogen-bond acceptors (Lipinski definition) is 3. The standard InChI is InChI=1S/C13H22N2O3/c16-12(8-14-11-4-5-11)15-7-1-2-10(9-15)3-6-13(17)18/h10-11,14H,1-9H2,(H,17,18). The lowest BCUT2D eigenvalue weighted by Gasteiger charge is -2.32. The van der Waals surface area contributed by atoms with E-state index in [-0.39, 0.29) is 12.3 Å². The van der Waals surface area contributed by atoms with Gasteiger partial charge in [0.2, 0.25) is 5.91 Å². The topological polar surface area (TPSA) is 69.6 Å².